The monoisotopic (exact) mass is 321 g/mol. The normalized spacial score (nSPS) is 18.4. The second-order valence-electron chi connectivity index (χ2n) is 5.86. The molecule has 0 saturated heterocycles. The number of ether oxygens (including phenoxy) is 1. The number of carbonyl (C=O) groups is 2. The van der Waals surface area contributed by atoms with Crippen molar-refractivity contribution in [1.29, 1.82) is 0 Å². The number of amides is 1. The number of hydrogen-bond acceptors (Lipinski definition) is 3. The van der Waals surface area contributed by atoms with Crippen molar-refractivity contribution in [3.63, 3.8) is 0 Å². The van der Waals surface area contributed by atoms with Crippen LogP contribution in [0.3, 0.4) is 0 Å². The number of hydrogen-bond donors (Lipinski definition) is 1. The first-order valence-corrected chi connectivity index (χ1v) is 7.70. The van der Waals surface area contributed by atoms with Gasteiger partial charge in [-0.15, -0.1) is 0 Å². The van der Waals surface area contributed by atoms with E-state index in [1.165, 1.54) is 0 Å². The molecule has 0 saturated carbocycles. The maximum absolute atomic E-state index is 12.4. The Morgan fingerprint density at radius 1 is 1.41 bits per heavy atom. The van der Waals surface area contributed by atoms with E-state index in [2.05, 4.69) is 5.32 Å². The van der Waals surface area contributed by atoms with E-state index < -0.39 is 5.97 Å². The summed E-state index contributed by atoms with van der Waals surface area (Å²) < 4.78 is 5.35. The van der Waals surface area contributed by atoms with Gasteiger partial charge >= 0.3 is 5.97 Å². The molecule has 22 heavy (non-hydrogen) atoms. The quantitative estimate of drug-likeness (QED) is 0.865. The van der Waals surface area contributed by atoms with Crippen molar-refractivity contribution in [2.75, 3.05) is 6.61 Å². The Balaban J connectivity index is 2.37. The molecule has 2 rings (SSSR count). The minimum Gasteiger partial charge on any atom is -0.462 e. The molecule has 0 aliphatic carbocycles. The minimum atomic E-state index is -0.392. The van der Waals surface area contributed by atoms with Crippen LogP contribution in [0.15, 0.2) is 35.5 Å². The molecule has 0 aromatic heterocycles. The lowest BCUT2D eigenvalue weighted by Gasteiger charge is -2.27. The minimum absolute atomic E-state index is 0.122. The zero-order valence-electron chi connectivity index (χ0n) is 13.0. The van der Waals surface area contributed by atoms with E-state index in [4.69, 9.17) is 16.3 Å². The molecule has 1 aromatic rings. The van der Waals surface area contributed by atoms with Crippen LogP contribution in [0.5, 0.6) is 0 Å². The van der Waals surface area contributed by atoms with Gasteiger partial charge in [0.2, 0.25) is 5.91 Å². The van der Waals surface area contributed by atoms with Crippen LogP contribution >= 0.6 is 11.6 Å². The fourth-order valence-electron chi connectivity index (χ4n) is 2.51. The summed E-state index contributed by atoms with van der Waals surface area (Å²) in [6.07, 6.45) is 0.188. The second kappa shape index (κ2) is 6.97. The average Bonchev–Trinajstić information content (AvgIpc) is 2.44. The third-order valence-corrected chi connectivity index (χ3v) is 3.86. The maximum atomic E-state index is 12.4. The van der Waals surface area contributed by atoms with E-state index >= 15 is 0 Å². The van der Waals surface area contributed by atoms with Gasteiger partial charge in [0.15, 0.2) is 0 Å². The van der Waals surface area contributed by atoms with Crippen molar-refractivity contribution >= 4 is 23.5 Å². The molecule has 0 unspecified atom stereocenters. The highest BCUT2D eigenvalue weighted by Crippen LogP contribution is 2.36. The summed E-state index contributed by atoms with van der Waals surface area (Å²) in [5, 5.41) is 3.26. The maximum Gasteiger partial charge on any atom is 0.336 e. The van der Waals surface area contributed by atoms with Gasteiger partial charge in [-0.3, -0.25) is 4.79 Å². The van der Waals surface area contributed by atoms with Crippen LogP contribution in [0.2, 0.25) is 5.02 Å². The van der Waals surface area contributed by atoms with Crippen molar-refractivity contribution in [1.82, 2.24) is 5.32 Å². The summed E-state index contributed by atoms with van der Waals surface area (Å²) >= 11 is 6.24. The van der Waals surface area contributed by atoms with Gasteiger partial charge in [0.1, 0.15) is 0 Å². The number of halogens is 1. The van der Waals surface area contributed by atoms with E-state index in [0.717, 1.165) is 5.56 Å². The Hall–Kier alpha value is -1.81. The van der Waals surface area contributed by atoms with Crippen LogP contribution in [-0.2, 0) is 14.3 Å². The van der Waals surface area contributed by atoms with Gasteiger partial charge in [0, 0.05) is 23.1 Å². The van der Waals surface area contributed by atoms with E-state index in [1.807, 2.05) is 32.0 Å². The molecule has 1 atom stereocenters. The van der Waals surface area contributed by atoms with Gasteiger partial charge in [-0.25, -0.2) is 4.79 Å². The average molecular weight is 322 g/mol. The predicted molar refractivity (Wildman–Crippen MR) is 85.4 cm³/mol. The highest BCUT2D eigenvalue weighted by molar-refractivity contribution is 6.31. The summed E-state index contributed by atoms with van der Waals surface area (Å²) in [6.45, 7) is 6.01. The molecule has 1 N–H and O–H groups in total. The zero-order chi connectivity index (χ0) is 16.3. The lowest BCUT2D eigenvalue weighted by Crippen LogP contribution is -2.34. The fraction of sp³-hybridized carbons (Fsp3) is 0.412. The highest BCUT2D eigenvalue weighted by Gasteiger charge is 2.33. The molecular weight excluding hydrogens is 302 g/mol. The van der Waals surface area contributed by atoms with E-state index in [9.17, 15) is 9.59 Å². The van der Waals surface area contributed by atoms with E-state index in [1.54, 1.807) is 13.0 Å². The predicted octanol–water partition coefficient (Wildman–Crippen LogP) is 3.42. The molecule has 0 fully saturated rings. The standard InChI is InChI=1S/C17H20ClNO3/c1-10(2)9-22-17(21)16-11(3)19-15(20)8-13(16)12-6-4-5-7-14(12)18/h4-7,10,13H,8-9H2,1-3H3,(H,19,20)/t13-/m0/s1. The molecule has 1 aliphatic rings. The summed E-state index contributed by atoms with van der Waals surface area (Å²) in [5.41, 5.74) is 1.79. The smallest absolute Gasteiger partial charge is 0.336 e. The summed E-state index contributed by atoms with van der Waals surface area (Å²) in [4.78, 5) is 24.3. The van der Waals surface area contributed by atoms with Crippen LogP contribution in [0, 0.1) is 5.92 Å². The lowest BCUT2D eigenvalue weighted by molar-refractivity contribution is -0.140. The topological polar surface area (TPSA) is 55.4 Å². The molecule has 1 aromatic carbocycles. The van der Waals surface area contributed by atoms with Crippen molar-refractivity contribution in [3.05, 3.63) is 46.1 Å². The number of allylic oxidation sites excluding steroid dienone is 1. The summed E-state index contributed by atoms with van der Waals surface area (Å²) in [6, 6.07) is 7.27. The first-order chi connectivity index (χ1) is 10.4. The molecule has 4 nitrogen and oxygen atoms in total. The van der Waals surface area contributed by atoms with Crippen LogP contribution in [0.4, 0.5) is 0 Å². The summed E-state index contributed by atoms with van der Waals surface area (Å²) in [5.74, 6) is -0.636. The van der Waals surface area contributed by atoms with Crippen LogP contribution in [-0.4, -0.2) is 18.5 Å². The molecular formula is C17H20ClNO3. The van der Waals surface area contributed by atoms with Gasteiger partial charge in [0.25, 0.3) is 0 Å². The first kappa shape index (κ1) is 16.6. The SMILES string of the molecule is CC1=C(C(=O)OCC(C)C)[C@H](c2ccccc2Cl)CC(=O)N1. The Morgan fingerprint density at radius 2 is 2.09 bits per heavy atom. The lowest BCUT2D eigenvalue weighted by atomic mass is 9.84. The number of nitrogens with one attached hydrogen (secondary N) is 1. The zero-order valence-corrected chi connectivity index (χ0v) is 13.7. The Kier molecular flexibility index (Phi) is 5.24. The van der Waals surface area contributed by atoms with Crippen molar-refractivity contribution in [3.8, 4) is 0 Å². The van der Waals surface area contributed by atoms with Crippen molar-refractivity contribution < 1.29 is 14.3 Å². The van der Waals surface area contributed by atoms with Crippen molar-refractivity contribution in [2.24, 2.45) is 5.92 Å². The van der Waals surface area contributed by atoms with Gasteiger partial charge in [0.05, 0.1) is 12.2 Å². The largest absolute Gasteiger partial charge is 0.462 e. The molecule has 1 heterocycles. The fourth-order valence-corrected chi connectivity index (χ4v) is 2.78. The number of carbonyl (C=O) groups excluding carboxylic acids is 2. The number of rotatable bonds is 4. The molecule has 0 spiro atoms. The third-order valence-electron chi connectivity index (χ3n) is 3.52. The van der Waals surface area contributed by atoms with Gasteiger partial charge in [-0.05, 0) is 24.5 Å². The van der Waals surface area contributed by atoms with E-state index in [-0.39, 0.29) is 24.2 Å². The molecule has 1 amide bonds. The van der Waals surface area contributed by atoms with Crippen LogP contribution in [0.25, 0.3) is 0 Å². The van der Waals surface area contributed by atoms with Gasteiger partial charge in [-0.1, -0.05) is 43.6 Å². The second-order valence-corrected chi connectivity index (χ2v) is 6.26. The Morgan fingerprint density at radius 3 is 2.73 bits per heavy atom. The number of esters is 1. The van der Waals surface area contributed by atoms with Crippen LogP contribution < -0.4 is 5.32 Å². The Labute approximate surface area is 135 Å². The Bertz CT molecular complexity index is 622. The molecule has 118 valence electrons. The summed E-state index contributed by atoms with van der Waals surface area (Å²) in [7, 11) is 0. The van der Waals surface area contributed by atoms with Gasteiger partial charge in [-0.2, -0.15) is 0 Å². The van der Waals surface area contributed by atoms with Gasteiger partial charge < -0.3 is 10.1 Å². The molecule has 1 aliphatic heterocycles. The molecule has 0 radical (unpaired) electrons. The molecule has 0 bridgehead atoms. The first-order valence-electron chi connectivity index (χ1n) is 7.32. The molecule has 5 heteroatoms. The van der Waals surface area contributed by atoms with E-state index in [0.29, 0.717) is 22.9 Å². The highest BCUT2D eigenvalue weighted by atomic mass is 35.5. The van der Waals surface area contributed by atoms with Crippen LogP contribution in [0.1, 0.15) is 38.7 Å². The number of benzene rings is 1. The third kappa shape index (κ3) is 3.69. The van der Waals surface area contributed by atoms with Crippen molar-refractivity contribution in [2.45, 2.75) is 33.1 Å².